The third-order valence-electron chi connectivity index (χ3n) is 4.73. The van der Waals surface area contributed by atoms with Crippen LogP contribution in [-0.2, 0) is 10.0 Å². The first-order valence-corrected chi connectivity index (χ1v) is 9.76. The Morgan fingerprint density at radius 2 is 1.70 bits per heavy atom. The second-order valence-corrected chi connectivity index (χ2v) is 8.32. The van der Waals surface area contributed by atoms with Gasteiger partial charge in [-0.1, -0.05) is 6.07 Å². The number of imide groups is 1. The van der Waals surface area contributed by atoms with Crippen LogP contribution in [0, 0.1) is 0 Å². The predicted molar refractivity (Wildman–Crippen MR) is 96.2 cm³/mol. The second-order valence-electron chi connectivity index (χ2n) is 6.38. The van der Waals surface area contributed by atoms with Crippen molar-refractivity contribution >= 4 is 27.7 Å². The van der Waals surface area contributed by atoms with E-state index in [1.54, 1.807) is 0 Å². The minimum Gasteiger partial charge on any atom is -0.384 e. The Morgan fingerprint density at radius 3 is 2.41 bits per heavy atom. The Bertz CT molecular complexity index is 1150. The maximum absolute atomic E-state index is 12.8. The van der Waals surface area contributed by atoms with Crippen molar-refractivity contribution in [2.24, 2.45) is 0 Å². The van der Waals surface area contributed by atoms with Gasteiger partial charge >= 0.3 is 0 Å². The molecule has 140 valence electrons. The molecule has 0 aliphatic carbocycles. The van der Waals surface area contributed by atoms with Crippen LogP contribution in [0.1, 0.15) is 33.6 Å². The standard InChI is InChI=1S/C17H16N4O5S/c18-15-14-12(16(23)19-17(14)24)9-13(22)21(15)10-4-3-5-11(8-10)27(25,26)20-6-1-2-7-20/h3-5,8-9H,1-2,6-7,18H2,(H,19,23,24). The maximum atomic E-state index is 12.8. The van der Waals surface area contributed by atoms with E-state index in [0.29, 0.717) is 13.1 Å². The number of nitrogens with zero attached hydrogens (tertiary/aromatic N) is 2. The van der Waals surface area contributed by atoms with Gasteiger partial charge < -0.3 is 5.73 Å². The fourth-order valence-electron chi connectivity index (χ4n) is 3.41. The van der Waals surface area contributed by atoms with Crippen molar-refractivity contribution in [2.75, 3.05) is 18.8 Å². The van der Waals surface area contributed by atoms with E-state index in [-0.39, 0.29) is 27.5 Å². The van der Waals surface area contributed by atoms with Crippen molar-refractivity contribution in [1.82, 2.24) is 14.2 Å². The molecule has 2 amide bonds. The number of nitrogen functional groups attached to an aromatic ring is 1. The van der Waals surface area contributed by atoms with E-state index in [0.717, 1.165) is 23.5 Å². The molecule has 2 aliphatic rings. The highest BCUT2D eigenvalue weighted by Gasteiger charge is 2.32. The molecule has 2 aromatic rings. The summed E-state index contributed by atoms with van der Waals surface area (Å²) in [7, 11) is -3.68. The topological polar surface area (TPSA) is 132 Å². The Labute approximate surface area is 154 Å². The largest absolute Gasteiger partial charge is 0.384 e. The van der Waals surface area contributed by atoms with Gasteiger partial charge in [0.15, 0.2) is 0 Å². The van der Waals surface area contributed by atoms with Gasteiger partial charge in [0.2, 0.25) is 10.0 Å². The number of pyridine rings is 1. The summed E-state index contributed by atoms with van der Waals surface area (Å²) in [5, 5.41) is 2.09. The van der Waals surface area contributed by atoms with Gasteiger partial charge in [0.1, 0.15) is 5.82 Å². The Balaban J connectivity index is 1.87. The smallest absolute Gasteiger partial charge is 0.262 e. The summed E-state index contributed by atoms with van der Waals surface area (Å²) in [6, 6.07) is 6.83. The zero-order valence-electron chi connectivity index (χ0n) is 14.1. The van der Waals surface area contributed by atoms with E-state index in [1.807, 2.05) is 0 Å². The predicted octanol–water partition coefficient (Wildman–Crippen LogP) is 0.0878. The van der Waals surface area contributed by atoms with Crippen LogP contribution in [0.25, 0.3) is 5.69 Å². The summed E-state index contributed by atoms with van der Waals surface area (Å²) >= 11 is 0. The van der Waals surface area contributed by atoms with Crippen LogP contribution < -0.4 is 16.6 Å². The van der Waals surface area contributed by atoms with Gasteiger partial charge in [0.25, 0.3) is 17.4 Å². The number of nitrogens with one attached hydrogen (secondary N) is 1. The Kier molecular flexibility index (Phi) is 3.89. The third kappa shape index (κ3) is 2.64. The van der Waals surface area contributed by atoms with Crippen molar-refractivity contribution < 1.29 is 18.0 Å². The molecule has 10 heteroatoms. The fraction of sp³-hybridized carbons (Fsp3) is 0.235. The van der Waals surface area contributed by atoms with E-state index in [9.17, 15) is 22.8 Å². The fourth-order valence-corrected chi connectivity index (χ4v) is 4.96. The van der Waals surface area contributed by atoms with Gasteiger partial charge in [-0.15, -0.1) is 0 Å². The summed E-state index contributed by atoms with van der Waals surface area (Å²) in [5.74, 6) is -1.59. The molecule has 3 heterocycles. The van der Waals surface area contributed by atoms with Crippen LogP contribution in [0.4, 0.5) is 5.82 Å². The van der Waals surface area contributed by atoms with Crippen molar-refractivity contribution in [3.63, 3.8) is 0 Å². The molecule has 2 aliphatic heterocycles. The quantitative estimate of drug-likeness (QED) is 0.716. The number of carbonyl (C=O) groups is 2. The number of fused-ring (bicyclic) bond motifs is 1. The molecule has 4 rings (SSSR count). The lowest BCUT2D eigenvalue weighted by Gasteiger charge is -2.17. The van der Waals surface area contributed by atoms with Crippen LogP contribution in [0.5, 0.6) is 0 Å². The number of nitrogens with two attached hydrogens (primary N) is 1. The first kappa shape index (κ1) is 17.4. The average Bonchev–Trinajstić information content (AvgIpc) is 3.25. The van der Waals surface area contributed by atoms with Crippen LogP contribution in [0.3, 0.4) is 0 Å². The van der Waals surface area contributed by atoms with Crippen LogP contribution in [0.15, 0.2) is 40.0 Å². The molecule has 0 bridgehead atoms. The maximum Gasteiger partial charge on any atom is 0.262 e. The number of aromatic nitrogens is 1. The minimum atomic E-state index is -3.68. The highest BCUT2D eigenvalue weighted by molar-refractivity contribution is 7.89. The molecule has 3 N–H and O–H groups in total. The zero-order chi connectivity index (χ0) is 19.3. The summed E-state index contributed by atoms with van der Waals surface area (Å²) in [6.45, 7) is 0.908. The monoisotopic (exact) mass is 388 g/mol. The van der Waals surface area contributed by atoms with E-state index in [4.69, 9.17) is 5.73 Å². The molecule has 0 unspecified atom stereocenters. The second kappa shape index (κ2) is 6.03. The summed E-state index contributed by atoms with van der Waals surface area (Å²) < 4.78 is 28.0. The summed E-state index contributed by atoms with van der Waals surface area (Å²) in [4.78, 5) is 36.2. The van der Waals surface area contributed by atoms with Gasteiger partial charge in [0.05, 0.1) is 21.7 Å². The first-order valence-electron chi connectivity index (χ1n) is 8.32. The number of benzene rings is 1. The molecular weight excluding hydrogens is 372 g/mol. The van der Waals surface area contributed by atoms with Gasteiger partial charge in [-0.05, 0) is 31.0 Å². The molecule has 27 heavy (non-hydrogen) atoms. The number of sulfonamides is 1. The van der Waals surface area contributed by atoms with Crippen molar-refractivity contribution in [3.05, 3.63) is 51.8 Å². The van der Waals surface area contributed by atoms with Crippen molar-refractivity contribution in [3.8, 4) is 5.69 Å². The number of anilines is 1. The molecule has 1 fully saturated rings. The van der Waals surface area contributed by atoms with Gasteiger partial charge in [-0.2, -0.15) is 4.31 Å². The SMILES string of the molecule is Nc1c2c(cc(=O)n1-c1cccc(S(=O)(=O)N3CCCC3)c1)C(=O)NC2=O. The molecule has 1 saturated heterocycles. The lowest BCUT2D eigenvalue weighted by atomic mass is 10.1. The van der Waals surface area contributed by atoms with Gasteiger partial charge in [0, 0.05) is 19.2 Å². The highest BCUT2D eigenvalue weighted by atomic mass is 32.2. The van der Waals surface area contributed by atoms with Crippen molar-refractivity contribution in [1.29, 1.82) is 0 Å². The van der Waals surface area contributed by atoms with Gasteiger partial charge in [-0.3, -0.25) is 24.3 Å². The van der Waals surface area contributed by atoms with Gasteiger partial charge in [-0.25, -0.2) is 8.42 Å². The summed E-state index contributed by atoms with van der Waals surface area (Å²) in [6.07, 6.45) is 1.61. The molecule has 1 aromatic carbocycles. The number of hydrogen-bond donors (Lipinski definition) is 2. The van der Waals surface area contributed by atoms with E-state index < -0.39 is 27.4 Å². The van der Waals surface area contributed by atoms with E-state index >= 15 is 0 Å². The highest BCUT2D eigenvalue weighted by Crippen LogP contribution is 2.26. The Hall–Kier alpha value is -2.98. The lowest BCUT2D eigenvalue weighted by Crippen LogP contribution is -2.28. The van der Waals surface area contributed by atoms with Crippen LogP contribution in [0.2, 0.25) is 0 Å². The molecule has 0 radical (unpaired) electrons. The molecular formula is C17H16N4O5S. The molecule has 0 spiro atoms. The molecule has 1 aromatic heterocycles. The van der Waals surface area contributed by atoms with E-state index in [1.165, 1.54) is 28.6 Å². The third-order valence-corrected chi connectivity index (χ3v) is 6.63. The number of rotatable bonds is 3. The zero-order valence-corrected chi connectivity index (χ0v) is 15.0. The molecule has 0 atom stereocenters. The summed E-state index contributed by atoms with van der Waals surface area (Å²) in [5.41, 5.74) is 5.39. The minimum absolute atomic E-state index is 0.0363. The molecule has 0 saturated carbocycles. The lowest BCUT2D eigenvalue weighted by molar-refractivity contribution is 0.0880. The van der Waals surface area contributed by atoms with Crippen LogP contribution >= 0.6 is 0 Å². The first-order chi connectivity index (χ1) is 12.8. The van der Waals surface area contributed by atoms with E-state index in [2.05, 4.69) is 5.32 Å². The van der Waals surface area contributed by atoms with Crippen molar-refractivity contribution in [2.45, 2.75) is 17.7 Å². The number of amides is 2. The average molecular weight is 388 g/mol. The normalized spacial score (nSPS) is 17.2. The number of carbonyl (C=O) groups excluding carboxylic acids is 2. The molecule has 9 nitrogen and oxygen atoms in total. The van der Waals surface area contributed by atoms with Crippen LogP contribution in [-0.4, -0.2) is 42.2 Å². The Morgan fingerprint density at radius 1 is 1.00 bits per heavy atom. The number of hydrogen-bond acceptors (Lipinski definition) is 6.